The van der Waals surface area contributed by atoms with E-state index in [1.165, 1.54) is 60.7 Å². The number of H-pyrrole nitrogens is 2. The molecule has 1 amide bonds. The first-order valence-electron chi connectivity index (χ1n) is 19.3. The van der Waals surface area contributed by atoms with Crippen molar-refractivity contribution in [3.63, 3.8) is 0 Å². The summed E-state index contributed by atoms with van der Waals surface area (Å²) in [4.78, 5) is 25.5. The lowest BCUT2D eigenvalue weighted by Crippen LogP contribution is -2.07. The van der Waals surface area contributed by atoms with E-state index in [1.54, 1.807) is 18.2 Å². The summed E-state index contributed by atoms with van der Waals surface area (Å²) in [6, 6.07) is 23.9. The highest BCUT2D eigenvalue weighted by molar-refractivity contribution is 6.17. The zero-order chi connectivity index (χ0) is 46.2. The highest BCUT2D eigenvalue weighted by Gasteiger charge is 2.34. The number of amides is 1. The number of benzene rings is 4. The third kappa shape index (κ3) is 8.13. The van der Waals surface area contributed by atoms with Gasteiger partial charge in [0.1, 0.15) is 0 Å². The fourth-order valence-electron chi connectivity index (χ4n) is 7.87. The lowest BCUT2D eigenvalue weighted by Gasteiger charge is -2.10. The van der Waals surface area contributed by atoms with E-state index in [4.69, 9.17) is 4.98 Å². The van der Waals surface area contributed by atoms with E-state index >= 15 is 0 Å². The monoisotopic (exact) mass is 902 g/mol. The number of rotatable bonds is 4. The number of aromatic amines is 2. The number of hydrogen-bond donors (Lipinski definition) is 3. The number of carbonyl (C=O) groups is 1. The Hall–Kier alpha value is -7.56. The lowest BCUT2D eigenvalue weighted by atomic mass is 9.99. The molecule has 5 nitrogen and oxygen atoms in total. The van der Waals surface area contributed by atoms with E-state index in [9.17, 15) is 57.5 Å². The number of fused-ring (bicyclic) bond motifs is 8. The maximum Gasteiger partial charge on any atom is 0.416 e. The molecule has 9 rings (SSSR count). The Labute approximate surface area is 358 Å². The highest BCUT2D eigenvalue weighted by Crippen LogP contribution is 2.43. The van der Waals surface area contributed by atoms with Crippen LogP contribution in [0.3, 0.4) is 0 Å². The summed E-state index contributed by atoms with van der Waals surface area (Å²) in [7, 11) is 0. The Balaban J connectivity index is 1.43. The van der Waals surface area contributed by atoms with Crippen molar-refractivity contribution in [2.24, 2.45) is 0 Å². The van der Waals surface area contributed by atoms with Crippen molar-refractivity contribution >= 4 is 45.8 Å². The Morgan fingerprint density at radius 3 is 1.00 bits per heavy atom. The van der Waals surface area contributed by atoms with Crippen LogP contribution in [0.15, 0.2) is 127 Å². The van der Waals surface area contributed by atoms with Crippen LogP contribution in [-0.4, -0.2) is 20.9 Å². The number of nitrogens with zero attached hydrogens (tertiary/aromatic N) is 1. The summed E-state index contributed by atoms with van der Waals surface area (Å²) in [5, 5.41) is 2.76. The molecule has 3 aromatic heterocycles. The second-order valence-corrected chi connectivity index (χ2v) is 15.0. The molecule has 2 aliphatic heterocycles. The number of hydrogen-bond acceptors (Lipinski definition) is 2. The standard InChI is InChI=1S/C48H26F12N4O/c49-45(50,51)28-9-1-24(2-10-28)40-32-23-39(64-44(32)65)43(27-7-15-31(16-8-27)48(58,59)60)38-22-21-37(63-38)42(26-5-13-30(14-6-26)47(55,56)57)36-20-19-35(62-36)41(34-18-17-33(40)61-34)25-3-11-29(12-4-25)46(52,53)54/h1-23,61,63H,(H,64,65). The largest absolute Gasteiger partial charge is 0.416 e. The predicted octanol–water partition coefficient (Wildman–Crippen LogP) is 15.1. The van der Waals surface area contributed by atoms with Gasteiger partial charge in [-0.1, -0.05) is 48.5 Å². The number of anilines is 1. The average molecular weight is 903 g/mol. The van der Waals surface area contributed by atoms with Gasteiger partial charge in [0.05, 0.1) is 44.9 Å². The van der Waals surface area contributed by atoms with Gasteiger partial charge >= 0.3 is 24.7 Å². The van der Waals surface area contributed by atoms with Gasteiger partial charge in [-0.25, -0.2) is 4.98 Å². The third-order valence-electron chi connectivity index (χ3n) is 10.9. The molecule has 8 bridgehead atoms. The number of alkyl halides is 12. The first-order valence-corrected chi connectivity index (χ1v) is 19.3. The van der Waals surface area contributed by atoms with Crippen molar-refractivity contribution in [1.82, 2.24) is 15.0 Å². The summed E-state index contributed by atoms with van der Waals surface area (Å²) < 4.78 is 165. The van der Waals surface area contributed by atoms with E-state index in [-0.39, 0.29) is 89.2 Å². The Kier molecular flexibility index (Phi) is 10.1. The first-order chi connectivity index (χ1) is 30.6. The van der Waals surface area contributed by atoms with Gasteiger partial charge in [-0.05, 0) is 113 Å². The fourth-order valence-corrected chi connectivity index (χ4v) is 7.87. The van der Waals surface area contributed by atoms with Crippen LogP contribution >= 0.6 is 0 Å². The molecular formula is C48H26F12N4O. The molecule has 0 radical (unpaired) electrons. The molecule has 17 heteroatoms. The summed E-state index contributed by atoms with van der Waals surface area (Å²) in [6.07, 6.45) is -15.7. The molecule has 0 saturated carbocycles. The molecule has 0 atom stereocenters. The molecule has 65 heavy (non-hydrogen) atoms. The maximum absolute atomic E-state index is 14.2. The van der Waals surface area contributed by atoms with Crippen LogP contribution in [0.5, 0.6) is 0 Å². The molecule has 0 aliphatic carbocycles. The molecule has 4 aromatic carbocycles. The van der Waals surface area contributed by atoms with Gasteiger partial charge in [-0.15, -0.1) is 0 Å². The van der Waals surface area contributed by atoms with Crippen molar-refractivity contribution in [3.8, 4) is 44.5 Å². The van der Waals surface area contributed by atoms with Crippen LogP contribution < -0.4 is 5.32 Å². The highest BCUT2D eigenvalue weighted by atomic mass is 19.4. The molecule has 5 heterocycles. The van der Waals surface area contributed by atoms with Crippen molar-refractivity contribution in [2.75, 3.05) is 5.32 Å². The normalized spacial score (nSPS) is 13.3. The molecule has 2 aliphatic rings. The van der Waals surface area contributed by atoms with Gasteiger partial charge in [-0.2, -0.15) is 52.7 Å². The van der Waals surface area contributed by atoms with Gasteiger partial charge in [0.2, 0.25) is 0 Å². The maximum atomic E-state index is 14.2. The second kappa shape index (κ2) is 15.3. The van der Waals surface area contributed by atoms with Gasteiger partial charge in [0.25, 0.3) is 5.91 Å². The number of carbonyl (C=O) groups excluding carboxylic acids is 1. The van der Waals surface area contributed by atoms with Crippen molar-refractivity contribution in [1.29, 1.82) is 0 Å². The van der Waals surface area contributed by atoms with Crippen molar-refractivity contribution in [2.45, 2.75) is 24.7 Å². The van der Waals surface area contributed by atoms with E-state index < -0.39 is 52.9 Å². The van der Waals surface area contributed by atoms with Crippen molar-refractivity contribution in [3.05, 3.63) is 167 Å². The first kappa shape index (κ1) is 42.7. The summed E-state index contributed by atoms with van der Waals surface area (Å²) in [5.74, 6) is -0.752. The van der Waals surface area contributed by atoms with Gasteiger partial charge in [-0.3, -0.25) is 4.79 Å². The topological polar surface area (TPSA) is 73.6 Å². The molecule has 0 saturated heterocycles. The average Bonchev–Trinajstić information content (AvgIpc) is 4.08. The zero-order valence-corrected chi connectivity index (χ0v) is 32.7. The number of aromatic nitrogens is 3. The molecule has 3 N–H and O–H groups in total. The summed E-state index contributed by atoms with van der Waals surface area (Å²) in [6.45, 7) is 0. The third-order valence-corrected chi connectivity index (χ3v) is 10.9. The second-order valence-electron chi connectivity index (χ2n) is 15.0. The van der Waals surface area contributed by atoms with E-state index in [0.29, 0.717) is 0 Å². The minimum Gasteiger partial charge on any atom is -0.354 e. The fraction of sp³-hybridized carbons (Fsp3) is 0.0833. The lowest BCUT2D eigenvalue weighted by molar-refractivity contribution is -0.138. The molecule has 7 aromatic rings. The SMILES string of the molecule is O=C1Nc2cc1c(-c1ccc(C(F)(F)F)cc1)c1ccc([nH]1)c(-c1ccc(C(F)(F)F)cc1)c1nc(c(-c3ccc(C(F)(F)F)cc3)c3ccc([nH]3)c2-c2ccc(C(F)(F)F)cc2)C=C1. The molecule has 0 unspecified atom stereocenters. The van der Waals surface area contributed by atoms with Gasteiger partial charge in [0, 0.05) is 44.3 Å². The smallest absolute Gasteiger partial charge is 0.354 e. The van der Waals surface area contributed by atoms with Crippen LogP contribution in [0.1, 0.15) is 44.0 Å². The van der Waals surface area contributed by atoms with E-state index in [0.717, 1.165) is 60.7 Å². The molecular weight excluding hydrogens is 877 g/mol. The van der Waals surface area contributed by atoms with Crippen LogP contribution in [0.2, 0.25) is 0 Å². The Bertz CT molecular complexity index is 3210. The molecule has 0 fully saturated rings. The molecule has 328 valence electrons. The van der Waals surface area contributed by atoms with E-state index in [1.807, 2.05) is 0 Å². The van der Waals surface area contributed by atoms with E-state index in [2.05, 4.69) is 15.3 Å². The number of halogens is 12. The predicted molar refractivity (Wildman–Crippen MR) is 222 cm³/mol. The van der Waals surface area contributed by atoms with Crippen LogP contribution in [-0.2, 0) is 24.7 Å². The van der Waals surface area contributed by atoms with Gasteiger partial charge < -0.3 is 15.3 Å². The van der Waals surface area contributed by atoms with Gasteiger partial charge in [0.15, 0.2) is 0 Å². The van der Waals surface area contributed by atoms with Crippen LogP contribution in [0, 0.1) is 0 Å². The Morgan fingerprint density at radius 1 is 0.369 bits per heavy atom. The quantitative estimate of drug-likeness (QED) is 0.154. The zero-order valence-electron chi connectivity index (χ0n) is 32.7. The minimum atomic E-state index is -4.71. The molecule has 0 spiro atoms. The summed E-state index contributed by atoms with van der Waals surface area (Å²) in [5.41, 5.74) is -1.10. The minimum absolute atomic E-state index is 0.0586. The van der Waals surface area contributed by atoms with Crippen LogP contribution in [0.4, 0.5) is 58.4 Å². The Morgan fingerprint density at radius 2 is 0.662 bits per heavy atom. The van der Waals surface area contributed by atoms with Crippen molar-refractivity contribution < 1.29 is 57.5 Å². The number of nitrogens with one attached hydrogen (secondary N) is 3. The summed E-state index contributed by atoms with van der Waals surface area (Å²) >= 11 is 0. The van der Waals surface area contributed by atoms with Crippen LogP contribution in [0.25, 0.3) is 78.7 Å².